The van der Waals surface area contributed by atoms with Crippen molar-refractivity contribution in [2.24, 2.45) is 0 Å². The standard InChI is InChI=1S/C13H20N2O3S/c1-3-18-12(16)11-10(19-13(17)14-11)8-15-7-5-4-6-9(15)2/h9H,3-8H2,1-2H3,(H,14,17). The molecule has 6 heteroatoms. The van der Waals surface area contributed by atoms with E-state index >= 15 is 0 Å². The van der Waals surface area contributed by atoms with Gasteiger partial charge in [-0.15, -0.1) is 0 Å². The van der Waals surface area contributed by atoms with E-state index in [0.717, 1.165) is 22.8 Å². The minimum Gasteiger partial charge on any atom is -0.461 e. The number of thiazole rings is 1. The summed E-state index contributed by atoms with van der Waals surface area (Å²) in [6, 6.07) is 0.501. The lowest BCUT2D eigenvalue weighted by Gasteiger charge is -2.32. The quantitative estimate of drug-likeness (QED) is 0.859. The molecule has 19 heavy (non-hydrogen) atoms. The summed E-state index contributed by atoms with van der Waals surface area (Å²) in [5, 5.41) is 0. The van der Waals surface area contributed by atoms with Crippen molar-refractivity contribution in [3.63, 3.8) is 0 Å². The van der Waals surface area contributed by atoms with E-state index in [2.05, 4.69) is 16.8 Å². The number of carbonyl (C=O) groups is 1. The van der Waals surface area contributed by atoms with Gasteiger partial charge in [0.1, 0.15) is 5.69 Å². The molecule has 5 nitrogen and oxygen atoms in total. The maximum Gasteiger partial charge on any atom is 0.356 e. The second-order valence-electron chi connectivity index (χ2n) is 4.85. The number of likely N-dealkylation sites (tertiary alicyclic amines) is 1. The van der Waals surface area contributed by atoms with Crippen LogP contribution in [0, 0.1) is 0 Å². The Morgan fingerprint density at radius 1 is 1.53 bits per heavy atom. The zero-order valence-electron chi connectivity index (χ0n) is 11.4. The van der Waals surface area contributed by atoms with Crippen LogP contribution in [-0.2, 0) is 11.3 Å². The Bertz CT molecular complexity index is 494. The third-order valence-electron chi connectivity index (χ3n) is 3.49. The highest BCUT2D eigenvalue weighted by Crippen LogP contribution is 2.21. The number of nitrogens with one attached hydrogen (secondary N) is 1. The summed E-state index contributed by atoms with van der Waals surface area (Å²) in [5.41, 5.74) is 0.328. The van der Waals surface area contributed by atoms with Gasteiger partial charge in [0.2, 0.25) is 0 Å². The fourth-order valence-corrected chi connectivity index (χ4v) is 3.26. The van der Waals surface area contributed by atoms with Crippen molar-refractivity contribution in [1.29, 1.82) is 0 Å². The second-order valence-corrected chi connectivity index (χ2v) is 5.92. The molecule has 1 fully saturated rings. The van der Waals surface area contributed by atoms with E-state index in [4.69, 9.17) is 4.74 Å². The van der Waals surface area contributed by atoms with E-state index < -0.39 is 5.97 Å². The molecule has 1 aliphatic rings. The number of aromatic amines is 1. The van der Waals surface area contributed by atoms with Crippen LogP contribution in [0.4, 0.5) is 0 Å². The number of aromatic nitrogens is 1. The molecule has 1 N–H and O–H groups in total. The fraction of sp³-hybridized carbons (Fsp3) is 0.692. The SMILES string of the molecule is CCOC(=O)c1[nH]c(=O)sc1CN1CCCCC1C. The molecule has 0 radical (unpaired) electrons. The molecule has 106 valence electrons. The van der Waals surface area contributed by atoms with Crippen LogP contribution < -0.4 is 4.87 Å². The van der Waals surface area contributed by atoms with Gasteiger partial charge >= 0.3 is 10.8 Å². The van der Waals surface area contributed by atoms with Crippen LogP contribution in [-0.4, -0.2) is 35.0 Å². The van der Waals surface area contributed by atoms with Crippen LogP contribution in [0.1, 0.15) is 48.5 Å². The number of rotatable bonds is 4. The number of hydrogen-bond acceptors (Lipinski definition) is 5. The average Bonchev–Trinajstić information content (AvgIpc) is 2.74. The molecule has 0 aromatic carbocycles. The average molecular weight is 284 g/mol. The van der Waals surface area contributed by atoms with Gasteiger partial charge in [-0.1, -0.05) is 17.8 Å². The molecule has 2 rings (SSSR count). The van der Waals surface area contributed by atoms with Crippen molar-refractivity contribution >= 4 is 17.3 Å². The van der Waals surface area contributed by atoms with Crippen LogP contribution in [0.15, 0.2) is 4.79 Å². The van der Waals surface area contributed by atoms with E-state index in [-0.39, 0.29) is 4.87 Å². The van der Waals surface area contributed by atoms with E-state index in [1.165, 1.54) is 19.3 Å². The van der Waals surface area contributed by atoms with Crippen molar-refractivity contribution in [2.75, 3.05) is 13.2 Å². The summed E-state index contributed by atoms with van der Waals surface area (Å²) >= 11 is 1.11. The maximum atomic E-state index is 11.8. The second kappa shape index (κ2) is 6.34. The monoisotopic (exact) mass is 284 g/mol. The van der Waals surface area contributed by atoms with Crippen LogP contribution >= 0.6 is 11.3 Å². The molecule has 1 aromatic heterocycles. The lowest BCUT2D eigenvalue weighted by atomic mass is 10.0. The molecule has 0 bridgehead atoms. The Morgan fingerprint density at radius 3 is 3.00 bits per heavy atom. The molecule has 0 amide bonds. The number of piperidine rings is 1. The Kier molecular flexibility index (Phi) is 4.76. The molecule has 2 heterocycles. The molecular formula is C13H20N2O3S. The topological polar surface area (TPSA) is 62.4 Å². The molecule has 0 saturated carbocycles. The normalized spacial score (nSPS) is 20.4. The van der Waals surface area contributed by atoms with E-state index in [1.807, 2.05) is 0 Å². The number of carbonyl (C=O) groups excluding carboxylic acids is 1. The third-order valence-corrected chi connectivity index (χ3v) is 4.36. The predicted molar refractivity (Wildman–Crippen MR) is 74.6 cm³/mol. The highest BCUT2D eigenvalue weighted by Gasteiger charge is 2.23. The first-order valence-electron chi connectivity index (χ1n) is 6.75. The molecular weight excluding hydrogens is 264 g/mol. The first-order valence-corrected chi connectivity index (χ1v) is 7.56. The largest absolute Gasteiger partial charge is 0.461 e. The van der Waals surface area contributed by atoms with Crippen molar-refractivity contribution < 1.29 is 9.53 Å². The Morgan fingerprint density at radius 2 is 2.32 bits per heavy atom. The van der Waals surface area contributed by atoms with Crippen molar-refractivity contribution in [2.45, 2.75) is 45.7 Å². The summed E-state index contributed by atoms with van der Waals surface area (Å²) in [4.78, 5) is 28.8. The van der Waals surface area contributed by atoms with Crippen LogP contribution in [0.3, 0.4) is 0 Å². The summed E-state index contributed by atoms with van der Waals surface area (Å²) in [7, 11) is 0. The molecule has 1 unspecified atom stereocenters. The summed E-state index contributed by atoms with van der Waals surface area (Å²) < 4.78 is 4.98. The van der Waals surface area contributed by atoms with E-state index in [0.29, 0.717) is 24.9 Å². The summed E-state index contributed by atoms with van der Waals surface area (Å²) in [6.07, 6.45) is 3.61. The summed E-state index contributed by atoms with van der Waals surface area (Å²) in [6.45, 7) is 5.94. The lowest BCUT2D eigenvalue weighted by molar-refractivity contribution is 0.0516. The zero-order chi connectivity index (χ0) is 13.8. The first-order chi connectivity index (χ1) is 9.11. The highest BCUT2D eigenvalue weighted by atomic mass is 32.1. The van der Waals surface area contributed by atoms with Gasteiger partial charge in [0.15, 0.2) is 0 Å². The van der Waals surface area contributed by atoms with E-state index in [1.54, 1.807) is 6.92 Å². The van der Waals surface area contributed by atoms with Gasteiger partial charge in [-0.25, -0.2) is 4.79 Å². The fourth-order valence-electron chi connectivity index (χ4n) is 2.42. The van der Waals surface area contributed by atoms with Gasteiger partial charge in [0.25, 0.3) is 0 Å². The maximum absolute atomic E-state index is 11.8. The van der Waals surface area contributed by atoms with Crippen LogP contribution in [0.25, 0.3) is 0 Å². The predicted octanol–water partition coefficient (Wildman–Crippen LogP) is 1.99. The van der Waals surface area contributed by atoms with Crippen LogP contribution in [0.5, 0.6) is 0 Å². The number of H-pyrrole nitrogens is 1. The molecule has 1 aromatic rings. The van der Waals surface area contributed by atoms with Crippen LogP contribution in [0.2, 0.25) is 0 Å². The minimum absolute atomic E-state index is 0.192. The smallest absolute Gasteiger partial charge is 0.356 e. The molecule has 1 aliphatic heterocycles. The zero-order valence-corrected chi connectivity index (χ0v) is 12.2. The van der Waals surface area contributed by atoms with Crippen molar-refractivity contribution in [3.05, 3.63) is 20.2 Å². The number of esters is 1. The van der Waals surface area contributed by atoms with Gasteiger partial charge in [-0.05, 0) is 33.2 Å². The highest BCUT2D eigenvalue weighted by molar-refractivity contribution is 7.09. The van der Waals surface area contributed by atoms with Gasteiger partial charge in [0.05, 0.1) is 11.5 Å². The Labute approximate surface area is 116 Å². The molecule has 1 atom stereocenters. The van der Waals surface area contributed by atoms with Crippen molar-refractivity contribution in [1.82, 2.24) is 9.88 Å². The summed E-state index contributed by atoms with van der Waals surface area (Å²) in [5.74, 6) is -0.430. The van der Waals surface area contributed by atoms with Gasteiger partial charge < -0.3 is 9.72 Å². The first kappa shape index (κ1) is 14.3. The molecule has 0 aliphatic carbocycles. The molecule has 0 spiro atoms. The third kappa shape index (κ3) is 3.45. The Hall–Kier alpha value is -1.14. The van der Waals surface area contributed by atoms with Crippen molar-refractivity contribution in [3.8, 4) is 0 Å². The van der Waals surface area contributed by atoms with Gasteiger partial charge in [-0.2, -0.15) is 0 Å². The lowest BCUT2D eigenvalue weighted by Crippen LogP contribution is -2.36. The van der Waals surface area contributed by atoms with E-state index in [9.17, 15) is 9.59 Å². The molecule has 1 saturated heterocycles. The minimum atomic E-state index is -0.430. The number of nitrogens with zero attached hydrogens (tertiary/aromatic N) is 1. The van der Waals surface area contributed by atoms with Gasteiger partial charge in [0, 0.05) is 12.6 Å². The van der Waals surface area contributed by atoms with Gasteiger partial charge in [-0.3, -0.25) is 9.69 Å². The number of hydrogen-bond donors (Lipinski definition) is 1. The Balaban J connectivity index is 2.15. The number of ether oxygens (including phenoxy) is 1.